The summed E-state index contributed by atoms with van der Waals surface area (Å²) in [4.78, 5) is 31.3. The van der Waals surface area contributed by atoms with Crippen molar-refractivity contribution in [2.24, 2.45) is 0 Å². The van der Waals surface area contributed by atoms with Crippen molar-refractivity contribution in [2.75, 3.05) is 26.6 Å². The number of hydrogen-bond donors (Lipinski definition) is 2. The third-order valence-corrected chi connectivity index (χ3v) is 3.08. The number of hydrogen-bond acceptors (Lipinski definition) is 4. The summed E-state index contributed by atoms with van der Waals surface area (Å²) in [6.07, 6.45) is 0. The topological polar surface area (TPSA) is 83.7 Å². The van der Waals surface area contributed by atoms with Gasteiger partial charge >= 0.3 is 0 Å². The highest BCUT2D eigenvalue weighted by atomic mass is 16.7. The first kappa shape index (κ1) is 14.9. The van der Waals surface area contributed by atoms with Gasteiger partial charge < -0.3 is 15.0 Å². The van der Waals surface area contributed by atoms with Crippen molar-refractivity contribution in [2.45, 2.75) is 6.92 Å². The lowest BCUT2D eigenvalue weighted by atomic mass is 10.2. The highest BCUT2D eigenvalue weighted by Gasteiger charge is 2.18. The van der Waals surface area contributed by atoms with E-state index in [2.05, 4.69) is 10.3 Å². The van der Waals surface area contributed by atoms with Gasteiger partial charge in [-0.15, -0.1) is 0 Å². The number of aromatic nitrogens is 1. The molecule has 21 heavy (non-hydrogen) atoms. The Morgan fingerprint density at radius 3 is 2.57 bits per heavy atom. The van der Waals surface area contributed by atoms with Gasteiger partial charge in [-0.3, -0.25) is 14.4 Å². The lowest BCUT2D eigenvalue weighted by Crippen LogP contribution is -2.25. The Labute approximate surface area is 121 Å². The quantitative estimate of drug-likeness (QED) is 0.841. The molecule has 0 atom stereocenters. The molecule has 7 nitrogen and oxygen atoms in total. The third-order valence-electron chi connectivity index (χ3n) is 3.08. The van der Waals surface area contributed by atoms with E-state index < -0.39 is 0 Å². The molecule has 0 aliphatic carbocycles. The van der Waals surface area contributed by atoms with Gasteiger partial charge in [-0.1, -0.05) is 0 Å². The van der Waals surface area contributed by atoms with Crippen molar-refractivity contribution < 1.29 is 19.2 Å². The van der Waals surface area contributed by atoms with E-state index in [1.807, 2.05) is 0 Å². The summed E-state index contributed by atoms with van der Waals surface area (Å²) in [7, 11) is 4.44. The Balaban J connectivity index is 2.56. The molecule has 2 rings (SSSR count). The molecule has 0 aliphatic rings. The number of carbonyl (C=O) groups is 2. The highest BCUT2D eigenvalue weighted by molar-refractivity contribution is 6.06. The van der Waals surface area contributed by atoms with Gasteiger partial charge in [-0.25, -0.2) is 5.06 Å². The summed E-state index contributed by atoms with van der Waals surface area (Å²) in [5.74, 6) is -0.0128. The Hall–Kier alpha value is -2.54. The molecule has 2 amide bonds. The van der Waals surface area contributed by atoms with Crippen LogP contribution >= 0.6 is 0 Å². The fourth-order valence-corrected chi connectivity index (χ4v) is 2.03. The van der Waals surface area contributed by atoms with Crippen LogP contribution in [0.4, 0.5) is 5.69 Å². The van der Waals surface area contributed by atoms with Crippen molar-refractivity contribution in [1.82, 2.24) is 10.0 Å². The average Bonchev–Trinajstić information content (AvgIpc) is 2.89. The number of H-pyrrole nitrogens is 1. The van der Waals surface area contributed by atoms with Crippen LogP contribution in [0.15, 0.2) is 18.2 Å². The number of methoxy groups -OCH3 is 1. The second kappa shape index (κ2) is 5.84. The molecule has 1 aromatic heterocycles. The fraction of sp³-hybridized carbons (Fsp3) is 0.286. The zero-order valence-corrected chi connectivity index (χ0v) is 12.3. The number of fused-ring (bicyclic) bond motifs is 1. The van der Waals surface area contributed by atoms with Gasteiger partial charge in [-0.2, -0.15) is 0 Å². The minimum atomic E-state index is -0.318. The lowest BCUT2D eigenvalue weighted by molar-refractivity contribution is -0.114. The molecule has 0 saturated heterocycles. The van der Waals surface area contributed by atoms with Crippen LogP contribution < -0.4 is 10.1 Å². The van der Waals surface area contributed by atoms with Crippen molar-refractivity contribution in [3.63, 3.8) is 0 Å². The minimum absolute atomic E-state index is 0.219. The molecule has 0 saturated carbocycles. The number of amides is 2. The van der Waals surface area contributed by atoms with Crippen LogP contribution in [0.25, 0.3) is 10.9 Å². The number of benzene rings is 1. The molecular weight excluding hydrogens is 274 g/mol. The maximum atomic E-state index is 12.1. The first-order valence-corrected chi connectivity index (χ1v) is 6.27. The smallest absolute Gasteiger partial charge is 0.293 e. The standard InChI is InChI=1S/C14H17N3O4/c1-8(18)15-13-9-7-11(14(19)17(2)21-4)16-10(9)5-6-12(13)20-3/h5-7,16H,1-4H3,(H,15,18). The monoisotopic (exact) mass is 291 g/mol. The van der Waals surface area contributed by atoms with Crippen LogP contribution in [-0.4, -0.2) is 43.1 Å². The number of hydroxylamine groups is 2. The zero-order chi connectivity index (χ0) is 15.6. The van der Waals surface area contributed by atoms with Gasteiger partial charge in [0.05, 0.1) is 19.9 Å². The van der Waals surface area contributed by atoms with E-state index >= 15 is 0 Å². The highest BCUT2D eigenvalue weighted by Crippen LogP contribution is 2.33. The molecule has 0 unspecified atom stereocenters. The molecule has 7 heteroatoms. The molecule has 0 fully saturated rings. The van der Waals surface area contributed by atoms with Gasteiger partial charge in [0.2, 0.25) is 5.91 Å². The van der Waals surface area contributed by atoms with Crippen molar-refractivity contribution >= 4 is 28.4 Å². The zero-order valence-electron chi connectivity index (χ0n) is 12.3. The van der Waals surface area contributed by atoms with Gasteiger partial charge in [0, 0.05) is 24.9 Å². The average molecular weight is 291 g/mol. The number of rotatable bonds is 4. The number of anilines is 1. The molecular formula is C14H17N3O4. The molecule has 0 spiro atoms. The van der Waals surface area contributed by atoms with Crippen molar-refractivity contribution in [3.8, 4) is 5.75 Å². The summed E-state index contributed by atoms with van der Waals surface area (Å²) in [5, 5.41) is 4.53. The summed E-state index contributed by atoms with van der Waals surface area (Å²) >= 11 is 0. The molecule has 1 aromatic carbocycles. The molecule has 0 bridgehead atoms. The Morgan fingerprint density at radius 1 is 1.29 bits per heavy atom. The maximum absolute atomic E-state index is 12.1. The first-order chi connectivity index (χ1) is 9.97. The second-order valence-corrected chi connectivity index (χ2v) is 4.45. The number of aromatic amines is 1. The molecule has 1 heterocycles. The van der Waals surface area contributed by atoms with Gasteiger partial charge in [-0.05, 0) is 18.2 Å². The van der Waals surface area contributed by atoms with E-state index in [-0.39, 0.29) is 11.8 Å². The number of nitrogens with one attached hydrogen (secondary N) is 2. The van der Waals surface area contributed by atoms with E-state index in [4.69, 9.17) is 9.57 Å². The minimum Gasteiger partial charge on any atom is -0.495 e. The van der Waals surface area contributed by atoms with E-state index in [0.29, 0.717) is 28.0 Å². The molecule has 0 radical (unpaired) electrons. The fourth-order valence-electron chi connectivity index (χ4n) is 2.03. The SMILES string of the molecule is COc1ccc2[nH]c(C(=O)N(C)OC)cc2c1NC(C)=O. The molecule has 2 aromatic rings. The largest absolute Gasteiger partial charge is 0.495 e. The van der Waals surface area contributed by atoms with E-state index in [9.17, 15) is 9.59 Å². The Kier molecular flexibility index (Phi) is 4.13. The maximum Gasteiger partial charge on any atom is 0.293 e. The number of nitrogens with zero attached hydrogens (tertiary/aromatic N) is 1. The van der Waals surface area contributed by atoms with Gasteiger partial charge in [0.15, 0.2) is 0 Å². The molecule has 112 valence electrons. The van der Waals surface area contributed by atoms with Crippen LogP contribution in [0.5, 0.6) is 5.75 Å². The Bertz CT molecular complexity index is 693. The number of ether oxygens (including phenoxy) is 1. The predicted molar refractivity (Wildman–Crippen MR) is 78.3 cm³/mol. The summed E-state index contributed by atoms with van der Waals surface area (Å²) in [5.41, 5.74) is 1.60. The van der Waals surface area contributed by atoms with Crippen molar-refractivity contribution in [1.29, 1.82) is 0 Å². The second-order valence-electron chi connectivity index (χ2n) is 4.45. The van der Waals surface area contributed by atoms with E-state index in [1.54, 1.807) is 18.2 Å². The van der Waals surface area contributed by atoms with Gasteiger partial charge in [0.25, 0.3) is 5.91 Å². The Morgan fingerprint density at radius 2 is 2.00 bits per heavy atom. The third kappa shape index (κ3) is 2.82. The van der Waals surface area contributed by atoms with E-state index in [1.165, 1.54) is 28.2 Å². The van der Waals surface area contributed by atoms with Crippen LogP contribution in [0, 0.1) is 0 Å². The van der Waals surface area contributed by atoms with Crippen LogP contribution in [0.2, 0.25) is 0 Å². The molecule has 2 N–H and O–H groups in total. The van der Waals surface area contributed by atoms with Crippen LogP contribution in [0.1, 0.15) is 17.4 Å². The predicted octanol–water partition coefficient (Wildman–Crippen LogP) is 1.77. The van der Waals surface area contributed by atoms with Crippen LogP contribution in [-0.2, 0) is 9.63 Å². The van der Waals surface area contributed by atoms with E-state index in [0.717, 1.165) is 5.06 Å². The van der Waals surface area contributed by atoms with Crippen LogP contribution in [0.3, 0.4) is 0 Å². The summed E-state index contributed by atoms with van der Waals surface area (Å²) in [6, 6.07) is 5.16. The lowest BCUT2D eigenvalue weighted by Gasteiger charge is -2.11. The molecule has 0 aliphatic heterocycles. The normalized spacial score (nSPS) is 10.5. The summed E-state index contributed by atoms with van der Waals surface area (Å²) < 4.78 is 5.24. The summed E-state index contributed by atoms with van der Waals surface area (Å²) in [6.45, 7) is 1.41. The number of carbonyl (C=O) groups excluding carboxylic acids is 2. The van der Waals surface area contributed by atoms with Gasteiger partial charge in [0.1, 0.15) is 11.4 Å². The first-order valence-electron chi connectivity index (χ1n) is 6.27. The van der Waals surface area contributed by atoms with Crippen molar-refractivity contribution in [3.05, 3.63) is 23.9 Å².